The summed E-state index contributed by atoms with van der Waals surface area (Å²) in [7, 11) is 0. The van der Waals surface area contributed by atoms with Crippen LogP contribution in [0.1, 0.15) is 30.6 Å². The number of cyclic esters (lactones) is 2. The highest BCUT2D eigenvalue weighted by Gasteiger charge is 2.60. The van der Waals surface area contributed by atoms with Gasteiger partial charge in [-0.2, -0.15) is 0 Å². The van der Waals surface area contributed by atoms with E-state index in [4.69, 9.17) is 14.2 Å². The van der Waals surface area contributed by atoms with Crippen LogP contribution in [0.4, 0.5) is 5.69 Å². The van der Waals surface area contributed by atoms with Gasteiger partial charge >= 0.3 is 11.9 Å². The van der Waals surface area contributed by atoms with Crippen LogP contribution >= 0.6 is 11.8 Å². The van der Waals surface area contributed by atoms with Gasteiger partial charge in [0.2, 0.25) is 11.8 Å². The van der Waals surface area contributed by atoms with Crippen LogP contribution in [0.3, 0.4) is 0 Å². The molecule has 6 atom stereocenters. The van der Waals surface area contributed by atoms with E-state index in [1.54, 1.807) is 25.1 Å². The lowest BCUT2D eigenvalue weighted by Gasteiger charge is -2.46. The number of carbonyl (C=O) groups excluding carboxylic acids is 4. The number of aliphatic hydroxyl groups is 1. The van der Waals surface area contributed by atoms with E-state index >= 15 is 0 Å². The number of benzene rings is 1. The van der Waals surface area contributed by atoms with Crippen molar-refractivity contribution in [1.82, 2.24) is 10.2 Å². The molecule has 2 saturated heterocycles. The largest absolute Gasteiger partial charge is 0.435 e. The van der Waals surface area contributed by atoms with Crippen molar-refractivity contribution in [2.45, 2.75) is 43.7 Å². The molecule has 0 radical (unpaired) electrons. The van der Waals surface area contributed by atoms with E-state index in [2.05, 4.69) is 10.6 Å². The van der Waals surface area contributed by atoms with Crippen LogP contribution in [-0.2, 0) is 28.6 Å². The topological polar surface area (TPSA) is 144 Å². The number of hydrogen-bond donors (Lipinski definition) is 3. The van der Waals surface area contributed by atoms with Crippen molar-refractivity contribution in [3.63, 3.8) is 0 Å². The van der Waals surface area contributed by atoms with Gasteiger partial charge in [0.1, 0.15) is 5.70 Å². The molecule has 0 aromatic heterocycles. The Hall–Kier alpha value is -2.93. The number of β-lactam (4-membered cyclic amide) rings is 1. The standard InChI is InChI=1S/C24H27N3O8S/c1-11-18-17(12(2)28)22(30)27(18)19-20(11)36-15-7-16(25-8-15)21(29)26-14-5-3-4-13(6-14)23(31)34-9-33-10-35-24(19)32/h3-6,11-12,15-18,25,28H,7-10H2,1-2H3,(H,26,29)/t11-,12-,15+,16+,17-,18-/m1/s1. The number of anilines is 1. The normalized spacial score (nSPS) is 31.9. The highest BCUT2D eigenvalue weighted by atomic mass is 32.2. The first kappa shape index (κ1) is 24.8. The van der Waals surface area contributed by atoms with Crippen molar-refractivity contribution in [2.24, 2.45) is 11.8 Å². The van der Waals surface area contributed by atoms with Crippen LogP contribution in [0.15, 0.2) is 34.9 Å². The zero-order chi connectivity index (χ0) is 25.6. The summed E-state index contributed by atoms with van der Waals surface area (Å²) in [6.45, 7) is 3.08. The van der Waals surface area contributed by atoms with E-state index < -0.39 is 43.6 Å². The molecule has 0 spiro atoms. The van der Waals surface area contributed by atoms with Gasteiger partial charge in [-0.1, -0.05) is 13.0 Å². The number of thioether (sulfide) groups is 1. The van der Waals surface area contributed by atoms with Crippen LogP contribution in [0.5, 0.6) is 0 Å². The lowest BCUT2D eigenvalue weighted by atomic mass is 9.79. The first-order chi connectivity index (χ1) is 17.3. The molecule has 12 heteroatoms. The zero-order valence-corrected chi connectivity index (χ0v) is 20.6. The molecule has 11 nitrogen and oxygen atoms in total. The van der Waals surface area contributed by atoms with Crippen LogP contribution in [-0.4, -0.2) is 77.3 Å². The molecule has 0 unspecified atom stereocenters. The Bertz CT molecular complexity index is 1140. The van der Waals surface area contributed by atoms with Gasteiger partial charge in [0.05, 0.1) is 29.7 Å². The lowest BCUT2D eigenvalue weighted by molar-refractivity contribution is -0.171. The molecule has 2 amide bonds. The summed E-state index contributed by atoms with van der Waals surface area (Å²) in [4.78, 5) is 53.2. The zero-order valence-electron chi connectivity index (χ0n) is 19.8. The van der Waals surface area contributed by atoms with Gasteiger partial charge in [0.25, 0.3) is 0 Å². The molecule has 4 aliphatic rings. The van der Waals surface area contributed by atoms with Crippen molar-refractivity contribution < 1.29 is 38.5 Å². The molecule has 3 N–H and O–H groups in total. The molecule has 4 heterocycles. The van der Waals surface area contributed by atoms with Gasteiger partial charge in [-0.25, -0.2) is 9.59 Å². The third-order valence-electron chi connectivity index (χ3n) is 6.92. The molecule has 4 bridgehead atoms. The highest BCUT2D eigenvalue weighted by Crippen LogP contribution is 2.52. The minimum absolute atomic E-state index is 0.0313. The molecular weight excluding hydrogens is 490 g/mol. The van der Waals surface area contributed by atoms with Gasteiger partial charge in [0, 0.05) is 28.3 Å². The van der Waals surface area contributed by atoms with Crippen LogP contribution in [0.2, 0.25) is 0 Å². The number of nitrogens with one attached hydrogen (secondary N) is 2. The van der Waals surface area contributed by atoms with Crippen LogP contribution < -0.4 is 10.6 Å². The molecule has 0 aliphatic carbocycles. The van der Waals surface area contributed by atoms with Crippen LogP contribution in [0.25, 0.3) is 0 Å². The SMILES string of the molecule is C[C@@H](O)[C@H]1C(=O)N2C3=C(S[C@@H]4CN[C@@H](C4)C(=O)Nc4cccc(c4)C(=O)OCOCOC3=O)[C@H](C)[C@H]12. The van der Waals surface area contributed by atoms with Crippen molar-refractivity contribution in [3.8, 4) is 0 Å². The number of esters is 2. The Labute approximate surface area is 211 Å². The second-order valence-electron chi connectivity index (χ2n) is 9.28. The monoisotopic (exact) mass is 517 g/mol. The van der Waals surface area contributed by atoms with E-state index in [0.29, 0.717) is 23.6 Å². The second kappa shape index (κ2) is 9.85. The number of amides is 2. The molecule has 4 aliphatic heterocycles. The fourth-order valence-corrected chi connectivity index (χ4v) is 6.65. The predicted molar refractivity (Wildman–Crippen MR) is 127 cm³/mol. The molecule has 36 heavy (non-hydrogen) atoms. The Morgan fingerprint density at radius 2 is 1.89 bits per heavy atom. The van der Waals surface area contributed by atoms with E-state index in [-0.39, 0.29) is 40.3 Å². The molecule has 2 fully saturated rings. The van der Waals surface area contributed by atoms with Crippen molar-refractivity contribution in [3.05, 3.63) is 40.4 Å². The number of carbonyl (C=O) groups is 4. The summed E-state index contributed by atoms with van der Waals surface area (Å²) in [5.41, 5.74) is 0.834. The average Bonchev–Trinajstić information content (AvgIpc) is 3.40. The molecule has 0 saturated carbocycles. The quantitative estimate of drug-likeness (QED) is 0.362. The number of ether oxygens (including phenoxy) is 3. The van der Waals surface area contributed by atoms with Crippen molar-refractivity contribution >= 4 is 41.2 Å². The fourth-order valence-electron chi connectivity index (χ4n) is 5.17. The maximum atomic E-state index is 13.1. The summed E-state index contributed by atoms with van der Waals surface area (Å²) < 4.78 is 15.5. The maximum absolute atomic E-state index is 13.1. The number of nitrogens with zero attached hydrogens (tertiary/aromatic N) is 1. The average molecular weight is 518 g/mol. The Balaban J connectivity index is 1.41. The molecule has 192 valence electrons. The van der Waals surface area contributed by atoms with Gasteiger partial charge in [-0.05, 0) is 31.5 Å². The molecule has 1 aromatic rings. The summed E-state index contributed by atoms with van der Waals surface area (Å²) >= 11 is 1.45. The molecular formula is C24H27N3O8S. The van der Waals surface area contributed by atoms with E-state index in [1.807, 2.05) is 6.92 Å². The number of rotatable bonds is 1. The van der Waals surface area contributed by atoms with Gasteiger partial charge in [0.15, 0.2) is 13.6 Å². The number of aliphatic hydroxyl groups excluding tert-OH is 1. The first-order valence-corrected chi connectivity index (χ1v) is 12.6. The highest BCUT2D eigenvalue weighted by molar-refractivity contribution is 8.03. The smallest absolute Gasteiger partial charge is 0.358 e. The van der Waals surface area contributed by atoms with Crippen molar-refractivity contribution in [1.29, 1.82) is 0 Å². The summed E-state index contributed by atoms with van der Waals surface area (Å²) in [6.07, 6.45) is -0.354. The Kier molecular flexibility index (Phi) is 6.77. The predicted octanol–water partition coefficient (Wildman–Crippen LogP) is 0.803. The van der Waals surface area contributed by atoms with E-state index in [0.717, 1.165) is 0 Å². The third kappa shape index (κ3) is 4.38. The number of fused-ring (bicyclic) bond motifs is 6. The first-order valence-electron chi connectivity index (χ1n) is 11.7. The van der Waals surface area contributed by atoms with E-state index in [9.17, 15) is 24.3 Å². The van der Waals surface area contributed by atoms with Gasteiger partial charge in [-0.15, -0.1) is 11.8 Å². The Morgan fingerprint density at radius 1 is 1.14 bits per heavy atom. The van der Waals surface area contributed by atoms with Gasteiger partial charge in [-0.3, -0.25) is 9.59 Å². The van der Waals surface area contributed by atoms with Gasteiger partial charge < -0.3 is 34.9 Å². The molecule has 1 aromatic carbocycles. The number of hydrogen-bond acceptors (Lipinski definition) is 10. The Morgan fingerprint density at radius 3 is 2.64 bits per heavy atom. The van der Waals surface area contributed by atoms with Crippen molar-refractivity contribution in [2.75, 3.05) is 25.4 Å². The van der Waals surface area contributed by atoms with E-state index in [1.165, 1.54) is 22.7 Å². The second-order valence-corrected chi connectivity index (χ2v) is 10.6. The fraction of sp³-hybridized carbons (Fsp3) is 0.500. The molecule has 5 rings (SSSR count). The lowest BCUT2D eigenvalue weighted by Crippen LogP contribution is -2.63. The summed E-state index contributed by atoms with van der Waals surface area (Å²) in [5, 5.41) is 16.2. The minimum atomic E-state index is -0.852. The third-order valence-corrected chi connectivity index (χ3v) is 8.43. The summed E-state index contributed by atoms with van der Waals surface area (Å²) in [6, 6.07) is 5.56. The minimum Gasteiger partial charge on any atom is -0.435 e. The summed E-state index contributed by atoms with van der Waals surface area (Å²) in [5.74, 6) is -2.77. The maximum Gasteiger partial charge on any atom is 0.358 e. The van der Waals surface area contributed by atoms with Crippen LogP contribution in [0, 0.1) is 11.8 Å².